The van der Waals surface area contributed by atoms with Gasteiger partial charge in [-0.05, 0) is 29.3 Å². The summed E-state index contributed by atoms with van der Waals surface area (Å²) in [6.07, 6.45) is -0.966. The molecule has 1 N–H and O–H groups in total. The van der Waals surface area contributed by atoms with E-state index in [2.05, 4.69) is 0 Å². The maximum absolute atomic E-state index is 13.4. The predicted molar refractivity (Wildman–Crippen MR) is 74.2 cm³/mol. The van der Waals surface area contributed by atoms with Gasteiger partial charge in [0.05, 0.1) is 13.7 Å². The van der Waals surface area contributed by atoms with E-state index in [0.29, 0.717) is 23.5 Å². The second kappa shape index (κ2) is 6.50. The average Bonchev–Trinajstić information content (AvgIpc) is 2.47. The van der Waals surface area contributed by atoms with Crippen LogP contribution in [0.5, 0.6) is 5.75 Å². The Morgan fingerprint density at radius 1 is 1.10 bits per heavy atom. The van der Waals surface area contributed by atoms with Crippen molar-refractivity contribution in [1.82, 2.24) is 0 Å². The maximum Gasteiger partial charge on any atom is 0.125 e. The molecule has 2 rings (SSSR count). The van der Waals surface area contributed by atoms with Crippen molar-refractivity contribution in [2.45, 2.75) is 12.7 Å². The third kappa shape index (κ3) is 2.98. The average molecular weight is 276 g/mol. The number of hydrogen-bond donors (Lipinski definition) is 1. The van der Waals surface area contributed by atoms with Gasteiger partial charge in [0.2, 0.25) is 0 Å². The molecule has 0 bridgehead atoms. The summed E-state index contributed by atoms with van der Waals surface area (Å²) < 4.78 is 23.7. The topological polar surface area (TPSA) is 38.7 Å². The molecule has 2 aromatic rings. The number of aliphatic hydroxyl groups excluding tert-OH is 1. The zero-order chi connectivity index (χ0) is 14.5. The number of ether oxygens (including phenoxy) is 2. The molecular formula is C16H17FO3. The molecule has 0 aliphatic rings. The summed E-state index contributed by atoms with van der Waals surface area (Å²) >= 11 is 0. The van der Waals surface area contributed by atoms with Gasteiger partial charge in [0, 0.05) is 12.7 Å². The van der Waals surface area contributed by atoms with E-state index in [1.54, 1.807) is 13.2 Å². The Bertz CT molecular complexity index is 584. The highest BCUT2D eigenvalue weighted by molar-refractivity contribution is 5.43. The van der Waals surface area contributed by atoms with Crippen LogP contribution in [0.25, 0.3) is 0 Å². The lowest BCUT2D eigenvalue weighted by atomic mass is 9.96. The number of rotatable bonds is 5. The SMILES string of the molecule is COCc1ccccc1C(O)c1cc(F)ccc1OC. The van der Waals surface area contributed by atoms with Gasteiger partial charge in [0.1, 0.15) is 17.7 Å². The van der Waals surface area contributed by atoms with Gasteiger partial charge in [0.15, 0.2) is 0 Å². The molecule has 0 heterocycles. The molecule has 4 heteroatoms. The van der Waals surface area contributed by atoms with Crippen LogP contribution in [0, 0.1) is 5.82 Å². The van der Waals surface area contributed by atoms with Crippen LogP contribution in [0.15, 0.2) is 42.5 Å². The van der Waals surface area contributed by atoms with Gasteiger partial charge in [-0.15, -0.1) is 0 Å². The van der Waals surface area contributed by atoms with E-state index in [-0.39, 0.29) is 0 Å². The highest BCUT2D eigenvalue weighted by Gasteiger charge is 2.18. The molecule has 1 atom stereocenters. The molecule has 1 unspecified atom stereocenters. The number of aliphatic hydroxyl groups is 1. The molecular weight excluding hydrogens is 259 g/mol. The molecule has 0 amide bonds. The Kier molecular flexibility index (Phi) is 4.71. The van der Waals surface area contributed by atoms with Crippen molar-refractivity contribution in [1.29, 1.82) is 0 Å². The van der Waals surface area contributed by atoms with Crippen LogP contribution in [0.4, 0.5) is 4.39 Å². The number of halogens is 1. The lowest BCUT2D eigenvalue weighted by molar-refractivity contribution is 0.175. The fourth-order valence-electron chi connectivity index (χ4n) is 2.17. The van der Waals surface area contributed by atoms with Crippen LogP contribution in [-0.4, -0.2) is 19.3 Å². The van der Waals surface area contributed by atoms with Gasteiger partial charge >= 0.3 is 0 Å². The molecule has 0 fully saturated rings. The first kappa shape index (κ1) is 14.5. The molecule has 0 saturated carbocycles. The second-order valence-corrected chi connectivity index (χ2v) is 4.42. The summed E-state index contributed by atoms with van der Waals surface area (Å²) in [6, 6.07) is 11.4. The molecule has 3 nitrogen and oxygen atoms in total. The van der Waals surface area contributed by atoms with Crippen LogP contribution in [0.1, 0.15) is 22.8 Å². The lowest BCUT2D eigenvalue weighted by Gasteiger charge is -2.18. The Balaban J connectivity index is 2.45. The van der Waals surface area contributed by atoms with Crippen molar-refractivity contribution in [3.63, 3.8) is 0 Å². The first-order valence-corrected chi connectivity index (χ1v) is 6.25. The van der Waals surface area contributed by atoms with E-state index < -0.39 is 11.9 Å². The molecule has 0 saturated heterocycles. The fourth-order valence-corrected chi connectivity index (χ4v) is 2.17. The minimum Gasteiger partial charge on any atom is -0.496 e. The number of benzene rings is 2. The maximum atomic E-state index is 13.4. The minimum absolute atomic E-state index is 0.380. The van der Waals surface area contributed by atoms with Crippen LogP contribution < -0.4 is 4.74 Å². The zero-order valence-electron chi connectivity index (χ0n) is 11.5. The highest BCUT2D eigenvalue weighted by atomic mass is 19.1. The largest absolute Gasteiger partial charge is 0.496 e. The molecule has 0 radical (unpaired) electrons. The third-order valence-electron chi connectivity index (χ3n) is 3.14. The summed E-state index contributed by atoms with van der Waals surface area (Å²) in [5, 5.41) is 10.5. The van der Waals surface area contributed by atoms with E-state index >= 15 is 0 Å². The summed E-state index contributed by atoms with van der Waals surface area (Å²) in [7, 11) is 3.08. The quantitative estimate of drug-likeness (QED) is 0.912. The molecule has 0 aromatic heterocycles. The van der Waals surface area contributed by atoms with Gasteiger partial charge < -0.3 is 14.6 Å². The number of methoxy groups -OCH3 is 2. The normalized spacial score (nSPS) is 12.2. The second-order valence-electron chi connectivity index (χ2n) is 4.42. The Labute approximate surface area is 117 Å². The van der Waals surface area contributed by atoms with Gasteiger partial charge in [0.25, 0.3) is 0 Å². The lowest BCUT2D eigenvalue weighted by Crippen LogP contribution is -2.06. The summed E-state index contributed by atoms with van der Waals surface area (Å²) in [4.78, 5) is 0. The van der Waals surface area contributed by atoms with Crippen LogP contribution in [0.3, 0.4) is 0 Å². The molecule has 106 valence electrons. The Morgan fingerprint density at radius 3 is 2.55 bits per heavy atom. The fraction of sp³-hybridized carbons (Fsp3) is 0.250. The third-order valence-corrected chi connectivity index (χ3v) is 3.14. The van der Waals surface area contributed by atoms with E-state index in [4.69, 9.17) is 9.47 Å². The van der Waals surface area contributed by atoms with E-state index in [1.165, 1.54) is 25.3 Å². The van der Waals surface area contributed by atoms with Crippen molar-refractivity contribution in [2.75, 3.05) is 14.2 Å². The van der Waals surface area contributed by atoms with Crippen molar-refractivity contribution in [3.8, 4) is 5.75 Å². The van der Waals surface area contributed by atoms with Crippen molar-refractivity contribution < 1.29 is 19.0 Å². The van der Waals surface area contributed by atoms with E-state index in [1.807, 2.05) is 18.2 Å². The summed E-state index contributed by atoms with van der Waals surface area (Å²) in [5.74, 6) is 0.0372. The molecule has 2 aromatic carbocycles. The Hall–Kier alpha value is -1.91. The van der Waals surface area contributed by atoms with Crippen LogP contribution in [0.2, 0.25) is 0 Å². The highest BCUT2D eigenvalue weighted by Crippen LogP contribution is 2.32. The first-order chi connectivity index (χ1) is 9.67. The van der Waals surface area contributed by atoms with Crippen LogP contribution >= 0.6 is 0 Å². The Morgan fingerprint density at radius 2 is 1.85 bits per heavy atom. The van der Waals surface area contributed by atoms with Crippen molar-refractivity contribution in [3.05, 3.63) is 65.0 Å². The van der Waals surface area contributed by atoms with E-state index in [9.17, 15) is 9.50 Å². The van der Waals surface area contributed by atoms with Gasteiger partial charge in [-0.3, -0.25) is 0 Å². The predicted octanol–water partition coefficient (Wildman–Crippen LogP) is 3.06. The molecule has 20 heavy (non-hydrogen) atoms. The summed E-state index contributed by atoms with van der Waals surface area (Å²) in [5.41, 5.74) is 1.93. The zero-order valence-corrected chi connectivity index (χ0v) is 11.5. The summed E-state index contributed by atoms with van der Waals surface area (Å²) in [6.45, 7) is 0.380. The first-order valence-electron chi connectivity index (χ1n) is 6.25. The standard InChI is InChI=1S/C16H17FO3/c1-19-10-11-5-3-4-6-13(11)16(18)14-9-12(17)7-8-15(14)20-2/h3-9,16,18H,10H2,1-2H3. The minimum atomic E-state index is -0.966. The van der Waals surface area contributed by atoms with Gasteiger partial charge in [-0.25, -0.2) is 4.39 Å². The van der Waals surface area contributed by atoms with Crippen LogP contribution in [-0.2, 0) is 11.3 Å². The van der Waals surface area contributed by atoms with Crippen molar-refractivity contribution in [2.24, 2.45) is 0 Å². The molecule has 0 aliphatic heterocycles. The van der Waals surface area contributed by atoms with Crippen molar-refractivity contribution >= 4 is 0 Å². The number of hydrogen-bond acceptors (Lipinski definition) is 3. The van der Waals surface area contributed by atoms with Gasteiger partial charge in [-0.1, -0.05) is 24.3 Å². The smallest absolute Gasteiger partial charge is 0.125 e. The monoisotopic (exact) mass is 276 g/mol. The van der Waals surface area contributed by atoms with E-state index in [0.717, 1.165) is 5.56 Å². The molecule has 0 aliphatic carbocycles. The van der Waals surface area contributed by atoms with Gasteiger partial charge in [-0.2, -0.15) is 0 Å². The molecule has 0 spiro atoms.